The molecule has 1 aromatic heterocycles. The van der Waals surface area contributed by atoms with Crippen LogP contribution in [0.25, 0.3) is 11.4 Å². The predicted molar refractivity (Wildman–Crippen MR) is 103 cm³/mol. The van der Waals surface area contributed by atoms with Gasteiger partial charge in [-0.25, -0.2) is 4.39 Å². The second-order valence-electron chi connectivity index (χ2n) is 7.45. The van der Waals surface area contributed by atoms with Crippen molar-refractivity contribution in [2.24, 2.45) is 11.7 Å². The summed E-state index contributed by atoms with van der Waals surface area (Å²) < 4.78 is 18.7. The smallest absolute Gasteiger partial charge is 0.249 e. The third kappa shape index (κ3) is 4.65. The van der Waals surface area contributed by atoms with Crippen LogP contribution in [-0.2, 0) is 4.79 Å². The first kappa shape index (κ1) is 21.3. The molecule has 3 unspecified atom stereocenters. The summed E-state index contributed by atoms with van der Waals surface area (Å²) in [7, 11) is 0. The van der Waals surface area contributed by atoms with Gasteiger partial charge in [0.15, 0.2) is 0 Å². The van der Waals surface area contributed by atoms with Crippen molar-refractivity contribution < 1.29 is 13.7 Å². The van der Waals surface area contributed by atoms with Crippen LogP contribution in [-0.4, -0.2) is 21.6 Å². The number of hydrogen-bond donors (Lipinski definition) is 2. The van der Waals surface area contributed by atoms with Gasteiger partial charge in [0.1, 0.15) is 11.9 Å². The molecule has 0 bridgehead atoms. The highest BCUT2D eigenvalue weighted by atomic mass is 35.5. The van der Waals surface area contributed by atoms with Gasteiger partial charge in [0.25, 0.3) is 0 Å². The van der Waals surface area contributed by atoms with E-state index in [1.54, 1.807) is 26.0 Å². The molecule has 2 aromatic rings. The maximum atomic E-state index is 13.4. The minimum Gasteiger partial charge on any atom is -0.344 e. The number of carbonyl (C=O) groups excluding carboxylic acids is 1. The minimum atomic E-state index is -0.492. The maximum Gasteiger partial charge on any atom is 0.249 e. The van der Waals surface area contributed by atoms with Crippen LogP contribution in [0.4, 0.5) is 4.39 Å². The van der Waals surface area contributed by atoms with Crippen LogP contribution in [0.5, 0.6) is 0 Å². The Hall–Kier alpha value is -1.99. The fraction of sp³-hybridized carbons (Fsp3) is 0.526. The summed E-state index contributed by atoms with van der Waals surface area (Å²) >= 11 is 0. The number of nitrogens with two attached hydrogens (primary N) is 1. The molecular formula is C19H26ClFN4O2. The van der Waals surface area contributed by atoms with Gasteiger partial charge in [-0.1, -0.05) is 18.0 Å². The largest absolute Gasteiger partial charge is 0.344 e. The van der Waals surface area contributed by atoms with Crippen molar-refractivity contribution in [3.05, 3.63) is 35.5 Å². The van der Waals surface area contributed by atoms with E-state index in [0.717, 1.165) is 25.7 Å². The molecule has 8 heteroatoms. The molecule has 0 radical (unpaired) electrons. The van der Waals surface area contributed by atoms with E-state index in [-0.39, 0.29) is 30.0 Å². The lowest BCUT2D eigenvalue weighted by atomic mass is 9.74. The van der Waals surface area contributed by atoms with E-state index < -0.39 is 11.6 Å². The Morgan fingerprint density at radius 3 is 2.85 bits per heavy atom. The Morgan fingerprint density at radius 1 is 1.44 bits per heavy atom. The van der Waals surface area contributed by atoms with Crippen LogP contribution in [0, 0.1) is 18.7 Å². The average Bonchev–Trinajstić information content (AvgIpc) is 3.07. The second kappa shape index (κ2) is 8.35. The average molecular weight is 397 g/mol. The first-order valence-electron chi connectivity index (χ1n) is 8.97. The number of carbonyl (C=O) groups is 1. The first-order valence-corrected chi connectivity index (χ1v) is 8.97. The number of nitrogens with one attached hydrogen (secondary N) is 1. The molecule has 6 nitrogen and oxygen atoms in total. The van der Waals surface area contributed by atoms with Crippen molar-refractivity contribution in [2.45, 2.75) is 58.0 Å². The summed E-state index contributed by atoms with van der Waals surface area (Å²) in [6, 6.07) is 4.21. The van der Waals surface area contributed by atoms with E-state index >= 15 is 0 Å². The van der Waals surface area contributed by atoms with Gasteiger partial charge in [0.05, 0.1) is 5.92 Å². The van der Waals surface area contributed by atoms with Gasteiger partial charge in [-0.15, -0.1) is 12.4 Å². The van der Waals surface area contributed by atoms with Gasteiger partial charge in [-0.3, -0.25) is 4.79 Å². The molecule has 148 valence electrons. The molecule has 1 fully saturated rings. The van der Waals surface area contributed by atoms with E-state index in [4.69, 9.17) is 10.3 Å². The third-order valence-corrected chi connectivity index (χ3v) is 5.16. The van der Waals surface area contributed by atoms with Crippen LogP contribution in [0.1, 0.15) is 57.0 Å². The van der Waals surface area contributed by atoms with Crippen LogP contribution < -0.4 is 11.1 Å². The Labute approximate surface area is 164 Å². The lowest BCUT2D eigenvalue weighted by Crippen LogP contribution is -2.53. The number of amides is 1. The number of hydrogen-bond acceptors (Lipinski definition) is 5. The molecule has 27 heavy (non-hydrogen) atoms. The molecule has 3 rings (SSSR count). The molecule has 1 saturated carbocycles. The standard InChI is InChI=1S/C19H25FN4O2.ClH/c1-11-10-13(7-8-15(11)20)16-23-18(26-24-16)12(2)22-17(25)14-6-4-5-9-19(14,3)21;/h7-8,10,12,14H,4-6,9,21H2,1-3H3,(H,22,25);1H. The van der Waals surface area contributed by atoms with Gasteiger partial charge in [-0.05, 0) is 57.4 Å². The summed E-state index contributed by atoms with van der Waals surface area (Å²) in [5.41, 5.74) is 6.98. The maximum absolute atomic E-state index is 13.4. The number of rotatable bonds is 4. The fourth-order valence-corrected chi connectivity index (χ4v) is 3.48. The lowest BCUT2D eigenvalue weighted by Gasteiger charge is -2.37. The molecule has 1 aromatic carbocycles. The van der Waals surface area contributed by atoms with Gasteiger partial charge >= 0.3 is 0 Å². The van der Waals surface area contributed by atoms with Crippen molar-refractivity contribution in [3.8, 4) is 11.4 Å². The number of aromatic nitrogens is 2. The van der Waals surface area contributed by atoms with Crippen molar-refractivity contribution in [3.63, 3.8) is 0 Å². The highest BCUT2D eigenvalue weighted by Gasteiger charge is 2.38. The summed E-state index contributed by atoms with van der Waals surface area (Å²) in [6.45, 7) is 5.40. The van der Waals surface area contributed by atoms with Crippen molar-refractivity contribution in [2.75, 3.05) is 0 Å². The summed E-state index contributed by atoms with van der Waals surface area (Å²) in [5.74, 6) is 0.0891. The molecule has 1 aliphatic rings. The zero-order chi connectivity index (χ0) is 18.9. The number of halogens is 2. The summed E-state index contributed by atoms with van der Waals surface area (Å²) in [6.07, 6.45) is 3.69. The van der Waals surface area contributed by atoms with E-state index in [2.05, 4.69) is 15.5 Å². The zero-order valence-electron chi connectivity index (χ0n) is 15.8. The van der Waals surface area contributed by atoms with Gasteiger partial charge in [0, 0.05) is 11.1 Å². The first-order chi connectivity index (χ1) is 12.3. The predicted octanol–water partition coefficient (Wildman–Crippen LogP) is 3.69. The second-order valence-corrected chi connectivity index (χ2v) is 7.45. The molecule has 0 saturated heterocycles. The van der Waals surface area contributed by atoms with Crippen LogP contribution >= 0.6 is 12.4 Å². The number of benzene rings is 1. The molecule has 1 aliphatic carbocycles. The molecular weight excluding hydrogens is 371 g/mol. The minimum absolute atomic E-state index is 0. The van der Waals surface area contributed by atoms with E-state index in [0.29, 0.717) is 22.8 Å². The van der Waals surface area contributed by atoms with Crippen LogP contribution in [0.15, 0.2) is 22.7 Å². The highest BCUT2D eigenvalue weighted by Crippen LogP contribution is 2.32. The van der Waals surface area contributed by atoms with Gasteiger partial charge < -0.3 is 15.6 Å². The number of aryl methyl sites for hydroxylation is 1. The van der Waals surface area contributed by atoms with Crippen molar-refractivity contribution in [1.29, 1.82) is 0 Å². The summed E-state index contributed by atoms with van der Waals surface area (Å²) in [5, 5.41) is 6.87. The molecule has 0 spiro atoms. The normalized spacial score (nSPS) is 23.4. The topological polar surface area (TPSA) is 94.0 Å². The van der Waals surface area contributed by atoms with Crippen LogP contribution in [0.3, 0.4) is 0 Å². The monoisotopic (exact) mass is 396 g/mol. The Balaban J connectivity index is 0.00000261. The summed E-state index contributed by atoms with van der Waals surface area (Å²) in [4.78, 5) is 17.0. The Kier molecular flexibility index (Phi) is 6.59. The molecule has 3 atom stereocenters. The van der Waals surface area contributed by atoms with E-state index in [9.17, 15) is 9.18 Å². The molecule has 1 amide bonds. The Bertz CT molecular complexity index is 809. The Morgan fingerprint density at radius 2 is 2.19 bits per heavy atom. The zero-order valence-corrected chi connectivity index (χ0v) is 16.6. The van der Waals surface area contributed by atoms with E-state index in [1.165, 1.54) is 6.07 Å². The van der Waals surface area contributed by atoms with Crippen LogP contribution in [0.2, 0.25) is 0 Å². The SMILES string of the molecule is Cc1cc(-c2noc(C(C)NC(=O)C3CCCCC3(C)N)n2)ccc1F.Cl. The van der Waals surface area contributed by atoms with Crippen molar-refractivity contribution >= 4 is 18.3 Å². The fourth-order valence-electron chi connectivity index (χ4n) is 3.48. The number of nitrogens with zero attached hydrogens (tertiary/aromatic N) is 2. The van der Waals surface area contributed by atoms with Gasteiger partial charge in [0.2, 0.25) is 17.6 Å². The quantitative estimate of drug-likeness (QED) is 0.821. The highest BCUT2D eigenvalue weighted by molar-refractivity contribution is 5.85. The lowest BCUT2D eigenvalue weighted by molar-refractivity contribution is -0.129. The molecule has 0 aliphatic heterocycles. The third-order valence-electron chi connectivity index (χ3n) is 5.16. The van der Waals surface area contributed by atoms with E-state index in [1.807, 2.05) is 6.92 Å². The molecule has 3 N–H and O–H groups in total. The van der Waals surface area contributed by atoms with Gasteiger partial charge in [-0.2, -0.15) is 4.98 Å². The van der Waals surface area contributed by atoms with Crippen molar-refractivity contribution in [1.82, 2.24) is 15.5 Å². The molecule has 1 heterocycles.